The maximum atomic E-state index is 13.8. The number of carboxylic acids is 1. The standard InChI is InChI=1S/C20H19BrFNO5/c1-3-27-18-10-13(9-17(20(25)26)23-12(2)24)8-15(21)19(18)28-11-14-6-4-5-7-16(14)22/h4-10H,3,11H2,1-2H3,(H,23,24)(H,25,26)/b17-9+. The summed E-state index contributed by atoms with van der Waals surface area (Å²) in [6.07, 6.45) is 1.30. The number of carboxylic acid groups (broad SMARTS) is 1. The van der Waals surface area contributed by atoms with Gasteiger partial charge in [-0.2, -0.15) is 0 Å². The lowest BCUT2D eigenvalue weighted by molar-refractivity contribution is -0.134. The lowest BCUT2D eigenvalue weighted by atomic mass is 10.1. The minimum atomic E-state index is -1.27. The molecule has 148 valence electrons. The van der Waals surface area contributed by atoms with Crippen molar-refractivity contribution in [2.45, 2.75) is 20.5 Å². The summed E-state index contributed by atoms with van der Waals surface area (Å²) in [7, 11) is 0. The fourth-order valence-corrected chi connectivity index (χ4v) is 2.92. The van der Waals surface area contributed by atoms with Gasteiger partial charge in [0.2, 0.25) is 5.91 Å². The average molecular weight is 452 g/mol. The second-order valence-corrected chi connectivity index (χ2v) is 6.54. The maximum absolute atomic E-state index is 13.8. The lowest BCUT2D eigenvalue weighted by Gasteiger charge is -2.15. The summed E-state index contributed by atoms with van der Waals surface area (Å²) in [5.74, 6) is -1.44. The van der Waals surface area contributed by atoms with Crippen LogP contribution in [-0.2, 0) is 16.2 Å². The van der Waals surface area contributed by atoms with Gasteiger partial charge < -0.3 is 19.9 Å². The molecule has 0 heterocycles. The second kappa shape index (κ2) is 9.89. The molecule has 0 unspecified atom stereocenters. The van der Waals surface area contributed by atoms with Gasteiger partial charge in [0.25, 0.3) is 0 Å². The van der Waals surface area contributed by atoms with Crippen LogP contribution in [0.15, 0.2) is 46.6 Å². The van der Waals surface area contributed by atoms with E-state index in [1.54, 1.807) is 37.3 Å². The Labute approximate surface area is 170 Å². The van der Waals surface area contributed by atoms with Gasteiger partial charge in [0, 0.05) is 12.5 Å². The molecule has 8 heteroatoms. The summed E-state index contributed by atoms with van der Waals surface area (Å²) in [5.41, 5.74) is 0.584. The van der Waals surface area contributed by atoms with Crippen LogP contribution in [0.25, 0.3) is 6.08 Å². The number of aliphatic carboxylic acids is 1. The van der Waals surface area contributed by atoms with Crippen molar-refractivity contribution < 1.29 is 28.6 Å². The number of hydrogen-bond donors (Lipinski definition) is 2. The molecule has 2 aromatic carbocycles. The van der Waals surface area contributed by atoms with Crippen molar-refractivity contribution in [2.75, 3.05) is 6.61 Å². The van der Waals surface area contributed by atoms with E-state index in [-0.39, 0.29) is 18.1 Å². The van der Waals surface area contributed by atoms with Crippen LogP contribution in [0.1, 0.15) is 25.0 Å². The number of carbonyl (C=O) groups is 2. The zero-order valence-corrected chi connectivity index (χ0v) is 16.9. The molecule has 0 aromatic heterocycles. The van der Waals surface area contributed by atoms with Crippen LogP contribution >= 0.6 is 15.9 Å². The highest BCUT2D eigenvalue weighted by Crippen LogP contribution is 2.38. The molecule has 0 aliphatic carbocycles. The van der Waals surface area contributed by atoms with Crippen molar-refractivity contribution >= 4 is 33.9 Å². The molecule has 6 nitrogen and oxygen atoms in total. The monoisotopic (exact) mass is 451 g/mol. The molecule has 0 atom stereocenters. The smallest absolute Gasteiger partial charge is 0.352 e. The number of amides is 1. The molecule has 28 heavy (non-hydrogen) atoms. The SMILES string of the molecule is CCOc1cc(/C=C(/NC(C)=O)C(=O)O)cc(Br)c1OCc1ccccc1F. The van der Waals surface area contributed by atoms with Crippen LogP contribution in [0.5, 0.6) is 11.5 Å². The average Bonchev–Trinajstić information content (AvgIpc) is 2.61. The van der Waals surface area contributed by atoms with E-state index < -0.39 is 11.9 Å². The quantitative estimate of drug-likeness (QED) is 0.589. The first-order valence-electron chi connectivity index (χ1n) is 8.37. The van der Waals surface area contributed by atoms with Gasteiger partial charge in [0.05, 0.1) is 11.1 Å². The van der Waals surface area contributed by atoms with Crippen LogP contribution < -0.4 is 14.8 Å². The van der Waals surface area contributed by atoms with Crippen molar-refractivity contribution in [3.8, 4) is 11.5 Å². The summed E-state index contributed by atoms with van der Waals surface area (Å²) in [4.78, 5) is 22.5. The van der Waals surface area contributed by atoms with Crippen LogP contribution in [0, 0.1) is 5.82 Å². The number of halogens is 2. The van der Waals surface area contributed by atoms with E-state index in [1.807, 2.05) is 0 Å². The molecule has 1 amide bonds. The molecule has 2 aromatic rings. The molecule has 0 saturated carbocycles. The first kappa shape index (κ1) is 21.4. The molecule has 2 rings (SSSR count). The van der Waals surface area contributed by atoms with Gasteiger partial charge in [-0.3, -0.25) is 4.79 Å². The third kappa shape index (κ3) is 5.82. The molecule has 0 spiro atoms. The van der Waals surface area contributed by atoms with E-state index in [1.165, 1.54) is 19.1 Å². The molecule has 2 N–H and O–H groups in total. The highest BCUT2D eigenvalue weighted by Gasteiger charge is 2.15. The van der Waals surface area contributed by atoms with E-state index in [4.69, 9.17) is 9.47 Å². The topological polar surface area (TPSA) is 84.9 Å². The van der Waals surface area contributed by atoms with E-state index in [0.717, 1.165) is 0 Å². The fourth-order valence-electron chi connectivity index (χ4n) is 2.35. The summed E-state index contributed by atoms with van der Waals surface area (Å²) in [6.45, 7) is 3.34. The van der Waals surface area contributed by atoms with Gasteiger partial charge in [0.1, 0.15) is 18.1 Å². The maximum Gasteiger partial charge on any atom is 0.352 e. The Morgan fingerprint density at radius 2 is 1.96 bits per heavy atom. The number of rotatable bonds is 8. The Morgan fingerprint density at radius 3 is 2.57 bits per heavy atom. The molecule has 0 aliphatic rings. The summed E-state index contributed by atoms with van der Waals surface area (Å²) in [6, 6.07) is 9.47. The first-order valence-corrected chi connectivity index (χ1v) is 9.16. The number of hydrogen-bond acceptors (Lipinski definition) is 4. The minimum Gasteiger partial charge on any atom is -0.490 e. The predicted octanol–water partition coefficient (Wildman–Crippen LogP) is 4.13. The van der Waals surface area contributed by atoms with Crippen molar-refractivity contribution in [1.82, 2.24) is 5.32 Å². The highest BCUT2D eigenvalue weighted by molar-refractivity contribution is 9.10. The normalized spacial score (nSPS) is 11.1. The fraction of sp³-hybridized carbons (Fsp3) is 0.200. The van der Waals surface area contributed by atoms with Crippen LogP contribution in [0.4, 0.5) is 4.39 Å². The Balaban J connectivity index is 2.36. The summed E-state index contributed by atoms with van der Waals surface area (Å²) in [5, 5.41) is 11.5. The van der Waals surface area contributed by atoms with Crippen molar-refractivity contribution in [2.24, 2.45) is 0 Å². The van der Waals surface area contributed by atoms with E-state index in [9.17, 15) is 19.1 Å². The molecular formula is C20H19BrFNO5. The summed E-state index contributed by atoms with van der Waals surface area (Å²) >= 11 is 3.38. The molecule has 0 fully saturated rings. The number of carbonyl (C=O) groups excluding carboxylic acids is 1. The largest absolute Gasteiger partial charge is 0.490 e. The van der Waals surface area contributed by atoms with E-state index >= 15 is 0 Å². The van der Waals surface area contributed by atoms with Crippen LogP contribution in [0.3, 0.4) is 0 Å². The Morgan fingerprint density at radius 1 is 1.25 bits per heavy atom. The first-order chi connectivity index (χ1) is 13.3. The molecular weight excluding hydrogens is 433 g/mol. The Bertz CT molecular complexity index is 913. The zero-order valence-electron chi connectivity index (χ0n) is 15.3. The second-order valence-electron chi connectivity index (χ2n) is 5.69. The lowest BCUT2D eigenvalue weighted by Crippen LogP contribution is -2.24. The third-order valence-corrected chi connectivity index (χ3v) is 4.10. The zero-order chi connectivity index (χ0) is 20.7. The van der Waals surface area contributed by atoms with E-state index in [2.05, 4.69) is 21.2 Å². The molecule has 0 saturated heterocycles. The number of benzene rings is 2. The van der Waals surface area contributed by atoms with Gasteiger partial charge in [0.15, 0.2) is 11.5 Å². The Kier molecular flexibility index (Phi) is 7.57. The van der Waals surface area contributed by atoms with E-state index in [0.29, 0.717) is 33.7 Å². The number of nitrogens with one attached hydrogen (secondary N) is 1. The van der Waals surface area contributed by atoms with Gasteiger partial charge in [-0.15, -0.1) is 0 Å². The van der Waals surface area contributed by atoms with Crippen molar-refractivity contribution in [1.29, 1.82) is 0 Å². The van der Waals surface area contributed by atoms with Crippen molar-refractivity contribution in [3.05, 3.63) is 63.5 Å². The van der Waals surface area contributed by atoms with Gasteiger partial charge in [-0.05, 0) is 52.7 Å². The summed E-state index contributed by atoms with van der Waals surface area (Å²) < 4.78 is 25.6. The predicted molar refractivity (Wildman–Crippen MR) is 105 cm³/mol. The van der Waals surface area contributed by atoms with Gasteiger partial charge in [-0.25, -0.2) is 9.18 Å². The highest BCUT2D eigenvalue weighted by atomic mass is 79.9. The molecule has 0 aliphatic heterocycles. The van der Waals surface area contributed by atoms with Gasteiger partial charge >= 0.3 is 5.97 Å². The van der Waals surface area contributed by atoms with Crippen LogP contribution in [0.2, 0.25) is 0 Å². The molecule has 0 radical (unpaired) electrons. The van der Waals surface area contributed by atoms with Crippen LogP contribution in [-0.4, -0.2) is 23.6 Å². The van der Waals surface area contributed by atoms with Gasteiger partial charge in [-0.1, -0.05) is 18.2 Å². The van der Waals surface area contributed by atoms with Crippen molar-refractivity contribution in [3.63, 3.8) is 0 Å². The molecule has 0 bridgehead atoms. The minimum absolute atomic E-state index is 0.00714. The number of ether oxygens (including phenoxy) is 2. The Hall–Kier alpha value is -2.87. The third-order valence-electron chi connectivity index (χ3n) is 3.51.